The van der Waals surface area contributed by atoms with Crippen molar-refractivity contribution in [2.75, 3.05) is 6.61 Å². The molecule has 2 aromatic rings. The van der Waals surface area contributed by atoms with E-state index in [2.05, 4.69) is 20.0 Å². The Balaban J connectivity index is 0.000000387. The van der Waals surface area contributed by atoms with Gasteiger partial charge in [-0.25, -0.2) is 9.37 Å². The van der Waals surface area contributed by atoms with Crippen molar-refractivity contribution in [2.45, 2.75) is 45.5 Å². The number of pyridine rings is 2. The number of halogens is 4. The average molecular weight is 416 g/mol. The molecule has 0 saturated heterocycles. The maximum Gasteiger partial charge on any atom is 0.422 e. The minimum Gasteiger partial charge on any atom is -0.466 e. The van der Waals surface area contributed by atoms with Gasteiger partial charge in [-0.3, -0.25) is 9.78 Å². The molecule has 0 aromatic carbocycles. The van der Waals surface area contributed by atoms with E-state index in [0.29, 0.717) is 11.1 Å². The number of nitrogens with two attached hydrogens (primary N) is 1. The maximum atomic E-state index is 13.6. The molecule has 2 aromatic heterocycles. The Kier molecular flexibility index (Phi) is 8.50. The van der Waals surface area contributed by atoms with Crippen molar-refractivity contribution < 1.29 is 27.1 Å². The number of carbonyl (C=O) groups excluding carboxylic acids is 1. The molecule has 10 heteroatoms. The van der Waals surface area contributed by atoms with Gasteiger partial charge in [-0.2, -0.15) is 13.2 Å². The monoisotopic (exact) mass is 416 g/mol. The predicted molar refractivity (Wildman–Crippen MR) is 99.8 cm³/mol. The van der Waals surface area contributed by atoms with Crippen LogP contribution in [0.2, 0.25) is 0 Å². The van der Waals surface area contributed by atoms with Crippen molar-refractivity contribution in [3.05, 3.63) is 53.7 Å². The van der Waals surface area contributed by atoms with Gasteiger partial charge < -0.3 is 15.8 Å². The normalized spacial score (nSPS) is 12.6. The van der Waals surface area contributed by atoms with Gasteiger partial charge in [-0.1, -0.05) is 0 Å². The molecule has 1 unspecified atom stereocenters. The average Bonchev–Trinajstić information content (AvgIpc) is 2.59. The molecular weight excluding hydrogens is 392 g/mol. The van der Waals surface area contributed by atoms with Crippen molar-refractivity contribution in [1.82, 2.24) is 15.3 Å². The lowest BCUT2D eigenvalue weighted by Gasteiger charge is -2.26. The highest BCUT2D eigenvalue weighted by molar-refractivity contribution is 5.92. The first kappa shape index (κ1) is 24.3. The van der Waals surface area contributed by atoms with Crippen LogP contribution in [0.3, 0.4) is 0 Å². The minimum absolute atomic E-state index is 0.179. The largest absolute Gasteiger partial charge is 0.466 e. The third-order valence-corrected chi connectivity index (χ3v) is 3.32. The van der Waals surface area contributed by atoms with Crippen molar-refractivity contribution in [3.8, 4) is 5.88 Å². The van der Waals surface area contributed by atoms with E-state index in [9.17, 15) is 22.4 Å². The third-order valence-electron chi connectivity index (χ3n) is 3.32. The van der Waals surface area contributed by atoms with Crippen LogP contribution in [0.4, 0.5) is 17.6 Å². The van der Waals surface area contributed by atoms with Gasteiger partial charge >= 0.3 is 6.18 Å². The number of hydrogen-bond acceptors (Lipinski definition) is 5. The van der Waals surface area contributed by atoms with Gasteiger partial charge in [0.1, 0.15) is 0 Å². The molecule has 1 atom stereocenters. The number of hydrogen-bond donors (Lipinski definition) is 2. The van der Waals surface area contributed by atoms with E-state index in [4.69, 9.17) is 5.73 Å². The van der Waals surface area contributed by atoms with Crippen molar-refractivity contribution in [3.63, 3.8) is 0 Å². The summed E-state index contributed by atoms with van der Waals surface area (Å²) < 4.78 is 53.9. The first-order valence-corrected chi connectivity index (χ1v) is 8.61. The Morgan fingerprint density at radius 1 is 1.24 bits per heavy atom. The van der Waals surface area contributed by atoms with Crippen LogP contribution in [0, 0.1) is 5.82 Å². The summed E-state index contributed by atoms with van der Waals surface area (Å²) in [6.07, 6.45) is -0.160. The number of nitrogens with zero attached hydrogens (tertiary/aromatic N) is 2. The molecule has 0 spiro atoms. The van der Waals surface area contributed by atoms with E-state index < -0.39 is 30.4 Å². The van der Waals surface area contributed by atoms with Gasteiger partial charge in [0.25, 0.3) is 5.88 Å². The first-order chi connectivity index (χ1) is 13.3. The molecule has 6 nitrogen and oxygen atoms in total. The highest BCUT2D eigenvalue weighted by atomic mass is 19.4. The Labute approximate surface area is 166 Å². The standard InChI is InChI=1S/C13H18F4N2O.C6H6N2O/c1-8(19-12(2,3)4)9-5-10(14)11(18-6-9)20-7-13(15,16)17;7-6(9)5-1-3-8-4-2-5/h5-6,8,19H,7H2,1-4H3;1-4H,(H2,7,9). The van der Waals surface area contributed by atoms with E-state index >= 15 is 0 Å². The molecule has 2 heterocycles. The summed E-state index contributed by atoms with van der Waals surface area (Å²) in [6.45, 7) is 6.11. The zero-order valence-corrected chi connectivity index (χ0v) is 16.5. The SMILES string of the molecule is CC(NC(C)(C)C)c1cnc(OCC(F)(F)F)c(F)c1.NC(=O)c1ccncc1. The summed E-state index contributed by atoms with van der Waals surface area (Å²) in [7, 11) is 0. The van der Waals surface area contributed by atoms with E-state index in [1.807, 2.05) is 27.7 Å². The van der Waals surface area contributed by atoms with Gasteiger partial charge in [0.05, 0.1) is 0 Å². The van der Waals surface area contributed by atoms with Gasteiger partial charge in [-0.15, -0.1) is 0 Å². The lowest BCUT2D eigenvalue weighted by atomic mass is 10.0. The number of amides is 1. The first-order valence-electron chi connectivity index (χ1n) is 8.61. The van der Waals surface area contributed by atoms with E-state index in [-0.39, 0.29) is 11.6 Å². The molecule has 0 aliphatic heterocycles. The van der Waals surface area contributed by atoms with Crippen molar-refractivity contribution >= 4 is 5.91 Å². The molecule has 3 N–H and O–H groups in total. The van der Waals surface area contributed by atoms with E-state index in [1.54, 1.807) is 12.1 Å². The summed E-state index contributed by atoms with van der Waals surface area (Å²) >= 11 is 0. The molecule has 0 fully saturated rings. The topological polar surface area (TPSA) is 90.1 Å². The Bertz CT molecular complexity index is 793. The summed E-state index contributed by atoms with van der Waals surface area (Å²) in [6, 6.07) is 4.08. The van der Waals surface area contributed by atoms with E-state index in [1.165, 1.54) is 18.6 Å². The van der Waals surface area contributed by atoms with Gasteiger partial charge in [0.2, 0.25) is 5.91 Å². The summed E-state index contributed by atoms with van der Waals surface area (Å²) in [5, 5.41) is 3.21. The predicted octanol–water partition coefficient (Wildman–Crippen LogP) is 3.79. The highest BCUT2D eigenvalue weighted by Crippen LogP contribution is 2.23. The zero-order chi connectivity index (χ0) is 22.2. The number of ether oxygens (including phenoxy) is 1. The lowest BCUT2D eigenvalue weighted by Crippen LogP contribution is -2.37. The summed E-state index contributed by atoms with van der Waals surface area (Å²) in [5.41, 5.74) is 5.80. The lowest BCUT2D eigenvalue weighted by molar-refractivity contribution is -0.154. The van der Waals surface area contributed by atoms with Crippen LogP contribution in [0.25, 0.3) is 0 Å². The van der Waals surface area contributed by atoms with E-state index in [0.717, 1.165) is 6.07 Å². The van der Waals surface area contributed by atoms with Gasteiger partial charge in [0, 0.05) is 35.7 Å². The molecule has 0 aliphatic rings. The maximum absolute atomic E-state index is 13.6. The summed E-state index contributed by atoms with van der Waals surface area (Å²) in [5.74, 6) is -1.97. The van der Waals surface area contributed by atoms with Crippen LogP contribution in [-0.4, -0.2) is 34.2 Å². The quantitative estimate of drug-likeness (QED) is 0.724. The molecule has 0 bridgehead atoms. The zero-order valence-electron chi connectivity index (χ0n) is 16.5. The minimum atomic E-state index is -4.52. The summed E-state index contributed by atoms with van der Waals surface area (Å²) in [4.78, 5) is 17.7. The molecule has 0 saturated carbocycles. The second-order valence-electron chi connectivity index (χ2n) is 7.18. The van der Waals surface area contributed by atoms with Crippen LogP contribution in [-0.2, 0) is 0 Å². The number of primary amides is 1. The van der Waals surface area contributed by atoms with Gasteiger partial charge in [0.15, 0.2) is 12.4 Å². The fraction of sp³-hybridized carbons (Fsp3) is 0.421. The van der Waals surface area contributed by atoms with Crippen LogP contribution < -0.4 is 15.8 Å². The Morgan fingerprint density at radius 2 is 1.83 bits per heavy atom. The Hall–Kier alpha value is -2.75. The number of alkyl halides is 3. The molecule has 29 heavy (non-hydrogen) atoms. The second kappa shape index (κ2) is 10.1. The molecular formula is C19H24F4N4O2. The molecule has 1 amide bonds. The van der Waals surface area contributed by atoms with Gasteiger partial charge in [-0.05, 0) is 51.5 Å². The third kappa shape index (κ3) is 9.84. The number of carbonyl (C=O) groups is 1. The fourth-order valence-corrected chi connectivity index (χ4v) is 2.18. The Morgan fingerprint density at radius 3 is 2.24 bits per heavy atom. The smallest absolute Gasteiger partial charge is 0.422 e. The van der Waals surface area contributed by atoms with Crippen molar-refractivity contribution in [2.24, 2.45) is 5.73 Å². The number of rotatable bonds is 5. The second-order valence-corrected chi connectivity index (χ2v) is 7.18. The van der Waals surface area contributed by atoms with Crippen LogP contribution in [0.1, 0.15) is 49.7 Å². The van der Waals surface area contributed by atoms with Crippen LogP contribution in [0.5, 0.6) is 5.88 Å². The highest BCUT2D eigenvalue weighted by Gasteiger charge is 2.29. The number of aromatic nitrogens is 2. The van der Waals surface area contributed by atoms with Crippen LogP contribution >= 0.6 is 0 Å². The van der Waals surface area contributed by atoms with Crippen molar-refractivity contribution in [1.29, 1.82) is 0 Å². The fourth-order valence-electron chi connectivity index (χ4n) is 2.18. The number of nitrogens with one attached hydrogen (secondary N) is 1. The molecule has 2 rings (SSSR count). The molecule has 0 aliphatic carbocycles. The molecule has 160 valence electrons. The van der Waals surface area contributed by atoms with Crippen LogP contribution in [0.15, 0.2) is 36.8 Å². The molecule has 0 radical (unpaired) electrons.